The molecule has 0 saturated heterocycles. The van der Waals surface area contributed by atoms with E-state index < -0.39 is 5.91 Å². The third-order valence-electron chi connectivity index (χ3n) is 5.65. The number of anilines is 1. The van der Waals surface area contributed by atoms with E-state index in [0.29, 0.717) is 28.3 Å². The van der Waals surface area contributed by atoms with Crippen LogP contribution in [0.4, 0.5) is 5.69 Å². The summed E-state index contributed by atoms with van der Waals surface area (Å²) in [6.07, 6.45) is 1.52. The highest BCUT2D eigenvalue weighted by Gasteiger charge is 2.20. The molecule has 0 aliphatic carbocycles. The molecule has 5 rings (SSSR count). The summed E-state index contributed by atoms with van der Waals surface area (Å²) in [6.45, 7) is 1.76. The second kappa shape index (κ2) is 9.19. The minimum atomic E-state index is -0.452. The molecule has 0 spiro atoms. The molecule has 2 aromatic carbocycles. The number of carbonyl (C=O) groups is 1. The molecular formula is C25H20N8O3. The molecule has 5 aromatic rings. The van der Waals surface area contributed by atoms with Crippen LogP contribution in [0, 0.1) is 18.3 Å². The number of rotatable bonds is 6. The second-order valence-electron chi connectivity index (χ2n) is 7.98. The Morgan fingerprint density at radius 3 is 2.67 bits per heavy atom. The smallest absolute Gasteiger partial charge is 0.295 e. The molecule has 0 fully saturated rings. The van der Waals surface area contributed by atoms with Gasteiger partial charge >= 0.3 is 0 Å². The fraction of sp³-hybridized carbons (Fsp3) is 0.120. The van der Waals surface area contributed by atoms with Crippen LogP contribution in [0.25, 0.3) is 23.0 Å². The molecule has 0 saturated carbocycles. The van der Waals surface area contributed by atoms with Crippen LogP contribution in [0.1, 0.15) is 17.1 Å². The number of para-hydroxylation sites is 1. The predicted octanol–water partition coefficient (Wildman–Crippen LogP) is 2.77. The number of hydrogen-bond donors (Lipinski definition) is 1. The maximum absolute atomic E-state index is 13.0. The van der Waals surface area contributed by atoms with Crippen LogP contribution in [-0.2, 0) is 18.3 Å². The van der Waals surface area contributed by atoms with E-state index in [2.05, 4.69) is 26.6 Å². The summed E-state index contributed by atoms with van der Waals surface area (Å²) in [5, 5.41) is 20.1. The van der Waals surface area contributed by atoms with E-state index in [0.717, 1.165) is 0 Å². The first-order chi connectivity index (χ1) is 17.4. The lowest BCUT2D eigenvalue weighted by molar-refractivity contribution is -0.115. The summed E-state index contributed by atoms with van der Waals surface area (Å²) < 4.78 is 10.0. The Labute approximate surface area is 204 Å². The zero-order valence-corrected chi connectivity index (χ0v) is 19.4. The van der Waals surface area contributed by atoms with Gasteiger partial charge in [0, 0.05) is 13.2 Å². The molecule has 0 aliphatic rings. The van der Waals surface area contributed by atoms with Crippen molar-refractivity contribution in [3.05, 3.63) is 94.3 Å². The minimum Gasteiger partial charge on any atom is -0.332 e. The second-order valence-corrected chi connectivity index (χ2v) is 7.98. The SMILES string of the molecule is Cc1c(NC(=O)Cc2noc(-c3ccn(-c4cccc(C#N)c4)n3)n2)c(=O)n(-c2ccccc2)n1C. The Morgan fingerprint density at radius 2 is 1.89 bits per heavy atom. The zero-order chi connectivity index (χ0) is 25.2. The van der Waals surface area contributed by atoms with Crippen LogP contribution in [0.3, 0.4) is 0 Å². The maximum Gasteiger partial charge on any atom is 0.295 e. The van der Waals surface area contributed by atoms with Crippen LogP contribution < -0.4 is 10.9 Å². The summed E-state index contributed by atoms with van der Waals surface area (Å²) >= 11 is 0. The minimum absolute atomic E-state index is 0.148. The zero-order valence-electron chi connectivity index (χ0n) is 19.4. The summed E-state index contributed by atoms with van der Waals surface area (Å²) in [6, 6.07) is 19.9. The average molecular weight is 480 g/mol. The topological polar surface area (TPSA) is 137 Å². The van der Waals surface area contributed by atoms with Crippen LogP contribution in [-0.4, -0.2) is 35.2 Å². The van der Waals surface area contributed by atoms with Gasteiger partial charge < -0.3 is 9.84 Å². The van der Waals surface area contributed by atoms with Gasteiger partial charge in [-0.15, -0.1) is 0 Å². The number of aromatic nitrogens is 6. The molecular weight excluding hydrogens is 460 g/mol. The third kappa shape index (κ3) is 4.19. The Hall–Kier alpha value is -5.24. The Kier molecular flexibility index (Phi) is 5.75. The molecule has 0 bridgehead atoms. The summed E-state index contributed by atoms with van der Waals surface area (Å²) in [7, 11) is 1.75. The van der Waals surface area contributed by atoms with E-state index in [4.69, 9.17) is 9.78 Å². The van der Waals surface area contributed by atoms with Crippen LogP contribution in [0.15, 0.2) is 76.2 Å². The number of benzene rings is 2. The molecule has 3 heterocycles. The number of hydrogen-bond acceptors (Lipinski definition) is 7. The van der Waals surface area contributed by atoms with E-state index >= 15 is 0 Å². The van der Waals surface area contributed by atoms with Crippen LogP contribution in [0.2, 0.25) is 0 Å². The predicted molar refractivity (Wildman–Crippen MR) is 130 cm³/mol. The monoisotopic (exact) mass is 480 g/mol. The van der Waals surface area contributed by atoms with Crippen molar-refractivity contribution in [1.29, 1.82) is 5.26 Å². The van der Waals surface area contributed by atoms with Crippen molar-refractivity contribution < 1.29 is 9.32 Å². The van der Waals surface area contributed by atoms with Gasteiger partial charge in [-0.1, -0.05) is 29.4 Å². The average Bonchev–Trinajstić information content (AvgIpc) is 3.61. The molecule has 178 valence electrons. The number of amides is 1. The Bertz CT molecular complexity index is 1670. The Morgan fingerprint density at radius 1 is 1.11 bits per heavy atom. The summed E-state index contributed by atoms with van der Waals surface area (Å²) in [4.78, 5) is 30.0. The molecule has 1 amide bonds. The molecule has 0 atom stereocenters. The first-order valence-corrected chi connectivity index (χ1v) is 11.0. The van der Waals surface area contributed by atoms with Crippen molar-refractivity contribution in [3.8, 4) is 29.0 Å². The lowest BCUT2D eigenvalue weighted by Crippen LogP contribution is -2.23. The standard InChI is InChI=1S/C25H20N8O3/c1-16-23(25(35)33(31(16)2)18-8-4-3-5-9-18)28-22(34)14-21-27-24(36-30-21)20-11-12-32(29-20)19-10-6-7-17(13-19)15-26/h3-13H,14H2,1-2H3,(H,28,34). The number of carbonyl (C=O) groups excluding carboxylic acids is 1. The van der Waals surface area contributed by atoms with Gasteiger partial charge in [-0.3, -0.25) is 14.3 Å². The van der Waals surface area contributed by atoms with Gasteiger partial charge in [0.15, 0.2) is 11.5 Å². The van der Waals surface area contributed by atoms with Gasteiger partial charge in [-0.2, -0.15) is 15.3 Å². The molecule has 3 aromatic heterocycles. The first kappa shape index (κ1) is 22.5. The van der Waals surface area contributed by atoms with E-state index in [9.17, 15) is 9.59 Å². The van der Waals surface area contributed by atoms with Crippen molar-refractivity contribution >= 4 is 11.6 Å². The molecule has 36 heavy (non-hydrogen) atoms. The van der Waals surface area contributed by atoms with Crippen molar-refractivity contribution in [2.24, 2.45) is 7.05 Å². The Balaban J connectivity index is 1.31. The highest BCUT2D eigenvalue weighted by atomic mass is 16.5. The number of nitriles is 1. The molecule has 1 N–H and O–H groups in total. The van der Waals surface area contributed by atoms with Crippen molar-refractivity contribution in [3.63, 3.8) is 0 Å². The number of nitrogens with zero attached hydrogens (tertiary/aromatic N) is 7. The fourth-order valence-electron chi connectivity index (χ4n) is 3.77. The highest BCUT2D eigenvalue weighted by Crippen LogP contribution is 2.18. The fourth-order valence-corrected chi connectivity index (χ4v) is 3.77. The largest absolute Gasteiger partial charge is 0.332 e. The van der Waals surface area contributed by atoms with Gasteiger partial charge in [0.1, 0.15) is 5.69 Å². The number of nitrogens with one attached hydrogen (secondary N) is 1. The van der Waals surface area contributed by atoms with Gasteiger partial charge in [0.05, 0.1) is 35.1 Å². The van der Waals surface area contributed by atoms with E-state index in [1.54, 1.807) is 53.8 Å². The van der Waals surface area contributed by atoms with E-state index in [-0.39, 0.29) is 29.4 Å². The van der Waals surface area contributed by atoms with Crippen molar-refractivity contribution in [2.45, 2.75) is 13.3 Å². The van der Waals surface area contributed by atoms with Gasteiger partial charge in [-0.25, -0.2) is 9.36 Å². The van der Waals surface area contributed by atoms with Gasteiger partial charge in [0.2, 0.25) is 5.91 Å². The molecule has 11 nitrogen and oxygen atoms in total. The lowest BCUT2D eigenvalue weighted by atomic mass is 10.2. The first-order valence-electron chi connectivity index (χ1n) is 11.0. The van der Waals surface area contributed by atoms with Crippen molar-refractivity contribution in [1.82, 2.24) is 29.3 Å². The lowest BCUT2D eigenvalue weighted by Gasteiger charge is -2.07. The van der Waals surface area contributed by atoms with Gasteiger partial charge in [0.25, 0.3) is 11.4 Å². The van der Waals surface area contributed by atoms with Crippen molar-refractivity contribution in [2.75, 3.05) is 5.32 Å². The molecule has 11 heteroatoms. The quantitative estimate of drug-likeness (QED) is 0.395. The van der Waals surface area contributed by atoms with Crippen LogP contribution in [0.5, 0.6) is 0 Å². The van der Waals surface area contributed by atoms with Gasteiger partial charge in [-0.05, 0) is 43.3 Å². The molecule has 0 aliphatic heterocycles. The molecule has 0 unspecified atom stereocenters. The highest BCUT2D eigenvalue weighted by molar-refractivity contribution is 5.92. The normalized spacial score (nSPS) is 10.8. The summed E-state index contributed by atoms with van der Waals surface area (Å²) in [5.74, 6) is -0.150. The third-order valence-corrected chi connectivity index (χ3v) is 5.65. The van der Waals surface area contributed by atoms with E-state index in [1.807, 2.05) is 36.4 Å². The van der Waals surface area contributed by atoms with Crippen LogP contribution >= 0.6 is 0 Å². The summed E-state index contributed by atoms with van der Waals surface area (Å²) in [5.41, 5.74) is 2.79. The van der Waals surface area contributed by atoms with E-state index in [1.165, 1.54) is 4.68 Å². The maximum atomic E-state index is 13.0. The molecule has 0 radical (unpaired) electrons.